The summed E-state index contributed by atoms with van der Waals surface area (Å²) in [5.74, 6) is 0.702. The second-order valence-corrected chi connectivity index (χ2v) is 3.44. The summed E-state index contributed by atoms with van der Waals surface area (Å²) >= 11 is 5.59. The maximum absolute atomic E-state index is 5.59. The van der Waals surface area contributed by atoms with Crippen molar-refractivity contribution in [2.45, 2.75) is 19.8 Å². The average Bonchev–Trinajstić information content (AvgIpc) is 2.16. The molecule has 2 heteroatoms. The van der Waals surface area contributed by atoms with Crippen LogP contribution in [-0.4, -0.2) is 10.9 Å². The predicted molar refractivity (Wildman–Crippen MR) is 57.0 cm³/mol. The van der Waals surface area contributed by atoms with Crippen molar-refractivity contribution in [1.29, 1.82) is 0 Å². The minimum atomic E-state index is 0.702. The normalized spacial score (nSPS) is 11.7. The lowest BCUT2D eigenvalue weighted by Crippen LogP contribution is -1.87. The molecule has 1 aromatic rings. The summed E-state index contributed by atoms with van der Waals surface area (Å²) in [6.45, 7) is 2.13. The van der Waals surface area contributed by atoms with Crippen LogP contribution in [0.1, 0.15) is 18.9 Å². The Morgan fingerprint density at radius 1 is 1.46 bits per heavy atom. The van der Waals surface area contributed by atoms with Crippen LogP contribution in [0.25, 0.3) is 0 Å². The van der Waals surface area contributed by atoms with Gasteiger partial charge in [0, 0.05) is 18.3 Å². The number of pyridine rings is 1. The van der Waals surface area contributed by atoms with Crippen LogP contribution >= 0.6 is 11.6 Å². The molecule has 0 aliphatic heterocycles. The standard InChI is InChI=1S/C11H14ClN/c1-10(3-2-6-12)9-11-4-7-13-8-5-11/h3-5,7-8H,2,6,9H2,1H3. The fraction of sp³-hybridized carbons (Fsp3) is 0.364. The molecule has 1 rings (SSSR count). The van der Waals surface area contributed by atoms with Crippen LogP contribution in [0, 0.1) is 0 Å². The summed E-state index contributed by atoms with van der Waals surface area (Å²) in [4.78, 5) is 3.97. The van der Waals surface area contributed by atoms with Gasteiger partial charge in [-0.05, 0) is 37.5 Å². The summed E-state index contributed by atoms with van der Waals surface area (Å²) < 4.78 is 0. The molecule has 0 aliphatic rings. The molecule has 0 aliphatic carbocycles. The Morgan fingerprint density at radius 3 is 2.77 bits per heavy atom. The topological polar surface area (TPSA) is 12.9 Å². The van der Waals surface area contributed by atoms with Crippen molar-refractivity contribution in [2.75, 3.05) is 5.88 Å². The van der Waals surface area contributed by atoms with Gasteiger partial charge in [0.25, 0.3) is 0 Å². The monoisotopic (exact) mass is 195 g/mol. The molecule has 13 heavy (non-hydrogen) atoms. The highest BCUT2D eigenvalue weighted by Crippen LogP contribution is 2.06. The lowest BCUT2D eigenvalue weighted by atomic mass is 10.1. The van der Waals surface area contributed by atoms with E-state index in [2.05, 4.69) is 18.0 Å². The van der Waals surface area contributed by atoms with Crippen LogP contribution in [0.4, 0.5) is 0 Å². The molecular formula is C11H14ClN. The van der Waals surface area contributed by atoms with Crippen molar-refractivity contribution in [3.63, 3.8) is 0 Å². The highest BCUT2D eigenvalue weighted by atomic mass is 35.5. The van der Waals surface area contributed by atoms with Gasteiger partial charge in [0.1, 0.15) is 0 Å². The number of aromatic nitrogens is 1. The molecule has 0 saturated carbocycles. The third-order valence-electron chi connectivity index (χ3n) is 1.83. The van der Waals surface area contributed by atoms with E-state index in [9.17, 15) is 0 Å². The molecule has 0 amide bonds. The Bertz CT molecular complexity index is 267. The highest BCUT2D eigenvalue weighted by molar-refractivity contribution is 6.17. The fourth-order valence-electron chi connectivity index (χ4n) is 1.20. The maximum Gasteiger partial charge on any atom is 0.0270 e. The molecule has 1 nitrogen and oxygen atoms in total. The van der Waals surface area contributed by atoms with Gasteiger partial charge in [0.15, 0.2) is 0 Å². The molecule has 70 valence electrons. The van der Waals surface area contributed by atoms with Crippen molar-refractivity contribution >= 4 is 11.6 Å². The maximum atomic E-state index is 5.59. The first kappa shape index (κ1) is 10.3. The van der Waals surface area contributed by atoms with E-state index in [0.717, 1.165) is 12.8 Å². The molecule has 0 atom stereocenters. The van der Waals surface area contributed by atoms with Gasteiger partial charge in [-0.25, -0.2) is 0 Å². The van der Waals surface area contributed by atoms with Gasteiger partial charge in [-0.2, -0.15) is 0 Å². The highest BCUT2D eigenvalue weighted by Gasteiger charge is 1.92. The zero-order valence-electron chi connectivity index (χ0n) is 7.83. The van der Waals surface area contributed by atoms with Crippen molar-refractivity contribution in [3.05, 3.63) is 41.7 Å². The molecule has 0 radical (unpaired) electrons. The molecule has 0 spiro atoms. The predicted octanol–water partition coefficient (Wildman–Crippen LogP) is 3.20. The lowest BCUT2D eigenvalue weighted by Gasteiger charge is -2.00. The van der Waals surface area contributed by atoms with Crippen LogP contribution < -0.4 is 0 Å². The summed E-state index contributed by atoms with van der Waals surface area (Å²) in [6.07, 6.45) is 7.79. The number of alkyl halides is 1. The Balaban J connectivity index is 2.50. The molecule has 0 N–H and O–H groups in total. The van der Waals surface area contributed by atoms with E-state index < -0.39 is 0 Å². The third-order valence-corrected chi connectivity index (χ3v) is 2.05. The number of halogens is 1. The second-order valence-electron chi connectivity index (χ2n) is 3.06. The largest absolute Gasteiger partial charge is 0.265 e. The number of hydrogen-bond donors (Lipinski definition) is 0. The van der Waals surface area contributed by atoms with E-state index in [1.165, 1.54) is 11.1 Å². The summed E-state index contributed by atoms with van der Waals surface area (Å²) in [6, 6.07) is 4.08. The van der Waals surface area contributed by atoms with E-state index in [4.69, 9.17) is 11.6 Å². The van der Waals surface area contributed by atoms with Crippen LogP contribution in [0.2, 0.25) is 0 Å². The van der Waals surface area contributed by atoms with Crippen LogP contribution in [0.3, 0.4) is 0 Å². The molecule has 0 saturated heterocycles. The van der Waals surface area contributed by atoms with E-state index in [1.54, 1.807) is 0 Å². The Kier molecular flexibility index (Phi) is 4.55. The third kappa shape index (κ3) is 4.09. The molecule has 0 unspecified atom stereocenters. The van der Waals surface area contributed by atoms with Gasteiger partial charge in [0.05, 0.1) is 0 Å². The van der Waals surface area contributed by atoms with Gasteiger partial charge in [-0.3, -0.25) is 4.98 Å². The SMILES string of the molecule is CC(=CCCCl)Cc1ccncc1. The van der Waals surface area contributed by atoms with E-state index >= 15 is 0 Å². The van der Waals surface area contributed by atoms with Crippen molar-refractivity contribution in [1.82, 2.24) is 4.98 Å². The summed E-state index contributed by atoms with van der Waals surface area (Å²) in [5, 5.41) is 0. The first-order chi connectivity index (χ1) is 6.33. The van der Waals surface area contributed by atoms with Gasteiger partial charge in [-0.1, -0.05) is 11.6 Å². The summed E-state index contributed by atoms with van der Waals surface area (Å²) in [5.41, 5.74) is 2.67. The van der Waals surface area contributed by atoms with Crippen molar-refractivity contribution < 1.29 is 0 Å². The Morgan fingerprint density at radius 2 is 2.15 bits per heavy atom. The quantitative estimate of drug-likeness (QED) is 0.531. The molecule has 1 heterocycles. The number of allylic oxidation sites excluding steroid dienone is 2. The molecular weight excluding hydrogens is 182 g/mol. The minimum Gasteiger partial charge on any atom is -0.265 e. The second kappa shape index (κ2) is 5.76. The Labute approximate surface area is 84.5 Å². The zero-order chi connectivity index (χ0) is 9.52. The first-order valence-corrected chi connectivity index (χ1v) is 4.97. The lowest BCUT2D eigenvalue weighted by molar-refractivity contribution is 1.08. The van der Waals surface area contributed by atoms with Crippen LogP contribution in [0.15, 0.2) is 36.2 Å². The zero-order valence-corrected chi connectivity index (χ0v) is 8.59. The van der Waals surface area contributed by atoms with Gasteiger partial charge in [0.2, 0.25) is 0 Å². The van der Waals surface area contributed by atoms with Crippen LogP contribution in [-0.2, 0) is 6.42 Å². The number of rotatable bonds is 4. The number of nitrogens with zero attached hydrogens (tertiary/aromatic N) is 1. The van der Waals surface area contributed by atoms with Crippen molar-refractivity contribution in [3.8, 4) is 0 Å². The Hall–Kier alpha value is -0.820. The van der Waals surface area contributed by atoms with E-state index in [1.807, 2.05) is 24.5 Å². The first-order valence-electron chi connectivity index (χ1n) is 4.43. The molecule has 0 bridgehead atoms. The van der Waals surface area contributed by atoms with Gasteiger partial charge >= 0.3 is 0 Å². The molecule has 1 aromatic heterocycles. The minimum absolute atomic E-state index is 0.702. The van der Waals surface area contributed by atoms with Crippen LogP contribution in [0.5, 0.6) is 0 Å². The molecule has 0 fully saturated rings. The number of hydrogen-bond acceptors (Lipinski definition) is 1. The smallest absolute Gasteiger partial charge is 0.0270 e. The van der Waals surface area contributed by atoms with E-state index in [-0.39, 0.29) is 0 Å². The van der Waals surface area contributed by atoms with Gasteiger partial charge in [-0.15, -0.1) is 11.6 Å². The summed E-state index contributed by atoms with van der Waals surface area (Å²) in [7, 11) is 0. The van der Waals surface area contributed by atoms with Gasteiger partial charge < -0.3 is 0 Å². The van der Waals surface area contributed by atoms with Crippen molar-refractivity contribution in [2.24, 2.45) is 0 Å². The average molecular weight is 196 g/mol. The van der Waals surface area contributed by atoms with E-state index in [0.29, 0.717) is 5.88 Å². The molecule has 0 aromatic carbocycles. The fourth-order valence-corrected chi connectivity index (χ4v) is 1.30.